The van der Waals surface area contributed by atoms with Crippen LogP contribution in [0.1, 0.15) is 0 Å². The van der Waals surface area contributed by atoms with E-state index in [-0.39, 0.29) is 0 Å². The van der Waals surface area contributed by atoms with Gasteiger partial charge in [-0.05, 0) is 64.0 Å². The van der Waals surface area contributed by atoms with E-state index in [1.807, 2.05) is 12.4 Å². The van der Waals surface area contributed by atoms with Crippen LogP contribution in [0.5, 0.6) is 0 Å². The van der Waals surface area contributed by atoms with Gasteiger partial charge in [0.05, 0.1) is 11.9 Å². The van der Waals surface area contributed by atoms with Crippen LogP contribution in [0, 0.1) is 0 Å². The second-order valence-corrected chi connectivity index (χ2v) is 12.0. The van der Waals surface area contributed by atoms with Crippen LogP contribution >= 0.6 is 0 Å². The average Bonchev–Trinajstić information content (AvgIpc) is 3.56. The normalized spacial score (nSPS) is 11.3. The lowest BCUT2D eigenvalue weighted by molar-refractivity contribution is 0.670. The summed E-state index contributed by atoms with van der Waals surface area (Å²) in [5.41, 5.74) is 11.8. The third kappa shape index (κ3) is 4.81. The maximum Gasteiger partial charge on any atom is 0.154 e. The lowest BCUT2D eigenvalue weighted by atomic mass is 9.99. The SMILES string of the molecule is c1ccc(-c2ccc(N(c3ccc(-c4cncc5oc6c7ccccc7ccc6c45)cc3)c3ccccc3-c3ccccc3)cc2)cc1. The van der Waals surface area contributed by atoms with Crippen molar-refractivity contribution in [2.24, 2.45) is 0 Å². The van der Waals surface area contributed by atoms with Crippen molar-refractivity contribution in [2.45, 2.75) is 0 Å². The van der Waals surface area contributed by atoms with Crippen LogP contribution in [0.25, 0.3) is 66.1 Å². The number of para-hydroxylation sites is 1. The summed E-state index contributed by atoms with van der Waals surface area (Å²) in [7, 11) is 0. The number of anilines is 3. The Balaban J connectivity index is 1.18. The second kappa shape index (κ2) is 11.7. The predicted octanol–water partition coefficient (Wildman–Crippen LogP) is 12.6. The summed E-state index contributed by atoms with van der Waals surface area (Å²) in [6.07, 6.45) is 3.77. The molecule has 48 heavy (non-hydrogen) atoms. The molecule has 3 nitrogen and oxygen atoms in total. The van der Waals surface area contributed by atoms with Crippen LogP contribution in [-0.4, -0.2) is 4.98 Å². The fourth-order valence-corrected chi connectivity index (χ4v) is 6.86. The average molecular weight is 615 g/mol. The van der Waals surface area contributed by atoms with E-state index >= 15 is 0 Å². The van der Waals surface area contributed by atoms with Crippen LogP contribution in [0.2, 0.25) is 0 Å². The first kappa shape index (κ1) is 27.8. The largest absolute Gasteiger partial charge is 0.454 e. The van der Waals surface area contributed by atoms with Crippen LogP contribution in [0.4, 0.5) is 17.1 Å². The van der Waals surface area contributed by atoms with Gasteiger partial charge in [0.15, 0.2) is 5.58 Å². The number of aromatic nitrogens is 1. The van der Waals surface area contributed by atoms with Crippen LogP contribution in [0.3, 0.4) is 0 Å². The molecule has 0 amide bonds. The number of pyridine rings is 1. The van der Waals surface area contributed by atoms with E-state index in [1.54, 1.807) is 0 Å². The summed E-state index contributed by atoms with van der Waals surface area (Å²) < 4.78 is 6.43. The number of hydrogen-bond acceptors (Lipinski definition) is 3. The molecule has 7 aromatic carbocycles. The molecule has 0 unspecified atom stereocenters. The summed E-state index contributed by atoms with van der Waals surface area (Å²) in [6, 6.07) is 60.1. The van der Waals surface area contributed by atoms with E-state index in [0.29, 0.717) is 0 Å². The van der Waals surface area contributed by atoms with E-state index in [4.69, 9.17) is 4.42 Å². The Bertz CT molecular complexity index is 2540. The van der Waals surface area contributed by atoms with Crippen LogP contribution in [-0.2, 0) is 0 Å². The highest BCUT2D eigenvalue weighted by atomic mass is 16.3. The Morgan fingerprint density at radius 1 is 0.417 bits per heavy atom. The fourth-order valence-electron chi connectivity index (χ4n) is 6.86. The maximum atomic E-state index is 6.43. The molecule has 0 spiro atoms. The number of fused-ring (bicyclic) bond motifs is 5. The molecule has 0 bridgehead atoms. The summed E-state index contributed by atoms with van der Waals surface area (Å²) in [5, 5.41) is 4.46. The van der Waals surface area contributed by atoms with E-state index in [0.717, 1.165) is 60.9 Å². The number of rotatable bonds is 6. The number of nitrogens with zero attached hydrogens (tertiary/aromatic N) is 2. The lowest BCUT2D eigenvalue weighted by Gasteiger charge is -2.28. The highest BCUT2D eigenvalue weighted by Crippen LogP contribution is 2.43. The van der Waals surface area contributed by atoms with Gasteiger partial charge in [-0.25, -0.2) is 0 Å². The van der Waals surface area contributed by atoms with Gasteiger partial charge < -0.3 is 9.32 Å². The Hall–Kier alpha value is -6.45. The molecule has 2 aromatic heterocycles. The van der Waals surface area contributed by atoms with E-state index < -0.39 is 0 Å². The van der Waals surface area contributed by atoms with Gasteiger partial charge in [-0.15, -0.1) is 0 Å². The molecule has 2 heterocycles. The minimum Gasteiger partial charge on any atom is -0.454 e. The molecule has 226 valence electrons. The highest BCUT2D eigenvalue weighted by molar-refractivity contribution is 6.18. The van der Waals surface area contributed by atoms with Crippen molar-refractivity contribution in [3.63, 3.8) is 0 Å². The Labute approximate surface area is 279 Å². The van der Waals surface area contributed by atoms with Gasteiger partial charge in [0, 0.05) is 44.9 Å². The quantitative estimate of drug-likeness (QED) is 0.187. The molecular weight excluding hydrogens is 585 g/mol. The van der Waals surface area contributed by atoms with Crippen molar-refractivity contribution >= 4 is 49.8 Å². The van der Waals surface area contributed by atoms with Crippen molar-refractivity contribution in [3.8, 4) is 33.4 Å². The molecule has 0 N–H and O–H groups in total. The third-order valence-corrected chi connectivity index (χ3v) is 9.17. The molecule has 0 saturated heterocycles. The van der Waals surface area contributed by atoms with Gasteiger partial charge in [0.1, 0.15) is 5.58 Å². The summed E-state index contributed by atoms with van der Waals surface area (Å²) in [5.74, 6) is 0. The second-order valence-electron chi connectivity index (χ2n) is 12.0. The number of furan rings is 1. The molecule has 0 radical (unpaired) electrons. The van der Waals surface area contributed by atoms with Gasteiger partial charge in [0.25, 0.3) is 0 Å². The molecule has 0 saturated carbocycles. The molecule has 0 atom stereocenters. The summed E-state index contributed by atoms with van der Waals surface area (Å²) in [6.45, 7) is 0. The summed E-state index contributed by atoms with van der Waals surface area (Å²) >= 11 is 0. The Morgan fingerprint density at radius 2 is 1.00 bits per heavy atom. The zero-order valence-corrected chi connectivity index (χ0v) is 26.1. The zero-order chi connectivity index (χ0) is 31.9. The minimum atomic E-state index is 0.792. The monoisotopic (exact) mass is 614 g/mol. The molecule has 0 aliphatic rings. The van der Waals surface area contributed by atoms with Crippen molar-refractivity contribution in [1.82, 2.24) is 4.98 Å². The molecular formula is C45H30N2O. The fraction of sp³-hybridized carbons (Fsp3) is 0. The smallest absolute Gasteiger partial charge is 0.154 e. The van der Waals surface area contributed by atoms with Gasteiger partial charge in [0.2, 0.25) is 0 Å². The molecule has 3 heteroatoms. The van der Waals surface area contributed by atoms with Gasteiger partial charge >= 0.3 is 0 Å². The zero-order valence-electron chi connectivity index (χ0n) is 26.1. The topological polar surface area (TPSA) is 29.3 Å². The van der Waals surface area contributed by atoms with E-state index in [2.05, 4.69) is 180 Å². The molecule has 9 aromatic rings. The first-order valence-electron chi connectivity index (χ1n) is 16.2. The maximum absolute atomic E-state index is 6.43. The van der Waals surface area contributed by atoms with E-state index in [1.165, 1.54) is 22.3 Å². The van der Waals surface area contributed by atoms with Gasteiger partial charge in [-0.3, -0.25) is 4.98 Å². The standard InChI is InChI=1S/C45H30N2O/c1-3-11-31(12-4-1)32-19-24-36(25-20-32)47(42-18-10-9-16-38(42)33-13-5-2-6-14-33)37-26-21-35(22-27-37)41-29-46-30-43-44(41)40-28-23-34-15-7-8-17-39(34)45(40)48-43/h1-30H. The van der Waals surface area contributed by atoms with E-state index in [9.17, 15) is 0 Å². The van der Waals surface area contributed by atoms with Crippen LogP contribution in [0.15, 0.2) is 187 Å². The first-order chi connectivity index (χ1) is 23.8. The lowest BCUT2D eigenvalue weighted by Crippen LogP contribution is -2.11. The molecule has 0 aliphatic carbocycles. The minimum absolute atomic E-state index is 0.792. The van der Waals surface area contributed by atoms with Crippen molar-refractivity contribution in [2.75, 3.05) is 4.90 Å². The number of hydrogen-bond donors (Lipinski definition) is 0. The van der Waals surface area contributed by atoms with Crippen LogP contribution < -0.4 is 4.90 Å². The first-order valence-corrected chi connectivity index (χ1v) is 16.2. The van der Waals surface area contributed by atoms with Gasteiger partial charge in [-0.1, -0.05) is 133 Å². The van der Waals surface area contributed by atoms with Gasteiger partial charge in [-0.2, -0.15) is 0 Å². The third-order valence-electron chi connectivity index (χ3n) is 9.17. The van der Waals surface area contributed by atoms with Crippen molar-refractivity contribution in [3.05, 3.63) is 182 Å². The Kier molecular flexibility index (Phi) is 6.80. The van der Waals surface area contributed by atoms with Crippen molar-refractivity contribution in [1.29, 1.82) is 0 Å². The molecule has 9 rings (SSSR count). The molecule has 0 aliphatic heterocycles. The van der Waals surface area contributed by atoms with Crippen molar-refractivity contribution < 1.29 is 4.42 Å². The number of benzene rings is 7. The predicted molar refractivity (Wildman–Crippen MR) is 200 cm³/mol. The highest BCUT2D eigenvalue weighted by Gasteiger charge is 2.19. The Morgan fingerprint density at radius 3 is 1.75 bits per heavy atom. The summed E-state index contributed by atoms with van der Waals surface area (Å²) in [4.78, 5) is 6.94. The molecule has 0 fully saturated rings.